The highest BCUT2D eigenvalue weighted by molar-refractivity contribution is 9.11. The van der Waals surface area contributed by atoms with E-state index in [0.29, 0.717) is 18.0 Å². The normalized spacial score (nSPS) is 17.8. The van der Waals surface area contributed by atoms with Crippen molar-refractivity contribution in [2.45, 2.75) is 31.7 Å². The Hall–Kier alpha value is -0.780. The molecule has 3 rings (SSSR count). The summed E-state index contributed by atoms with van der Waals surface area (Å²) in [5, 5.41) is 3.52. The van der Waals surface area contributed by atoms with Crippen molar-refractivity contribution in [2.75, 3.05) is 6.54 Å². The van der Waals surface area contributed by atoms with Gasteiger partial charge >= 0.3 is 0 Å². The van der Waals surface area contributed by atoms with Crippen molar-refractivity contribution in [2.24, 2.45) is 0 Å². The zero-order chi connectivity index (χ0) is 14.8. The summed E-state index contributed by atoms with van der Waals surface area (Å²) in [5.74, 6) is -1.02. The summed E-state index contributed by atoms with van der Waals surface area (Å²) < 4.78 is 27.5. The number of hydrogen-bond donors (Lipinski definition) is 1. The highest BCUT2D eigenvalue weighted by Crippen LogP contribution is 2.37. The molecule has 1 aromatic heterocycles. The lowest BCUT2D eigenvalue weighted by Gasteiger charge is -2.23. The number of aryl methyl sites for hydroxylation is 1. The zero-order valence-corrected chi connectivity index (χ0v) is 13.9. The molecule has 0 amide bonds. The lowest BCUT2D eigenvalue weighted by molar-refractivity contribution is 0.466. The first-order valence-corrected chi connectivity index (χ1v) is 8.69. The van der Waals surface area contributed by atoms with Crippen molar-refractivity contribution in [3.63, 3.8) is 0 Å². The molecule has 0 fully saturated rings. The van der Waals surface area contributed by atoms with Gasteiger partial charge in [0.2, 0.25) is 0 Å². The topological polar surface area (TPSA) is 12.0 Å². The highest BCUT2D eigenvalue weighted by atomic mass is 79.9. The first-order chi connectivity index (χ1) is 10.1. The molecule has 1 nitrogen and oxygen atoms in total. The molecule has 0 radical (unpaired) electrons. The molecule has 1 unspecified atom stereocenters. The predicted octanol–water partition coefficient (Wildman–Crippen LogP) is 5.00. The van der Waals surface area contributed by atoms with Crippen LogP contribution in [0.5, 0.6) is 0 Å². The fourth-order valence-electron chi connectivity index (χ4n) is 2.88. The molecule has 1 atom stereocenters. The van der Waals surface area contributed by atoms with E-state index in [-0.39, 0.29) is 0 Å². The zero-order valence-electron chi connectivity index (χ0n) is 11.5. The Morgan fingerprint density at radius 2 is 1.95 bits per heavy atom. The molecule has 0 saturated carbocycles. The maximum absolute atomic E-state index is 13.1. The van der Waals surface area contributed by atoms with Crippen LogP contribution in [0.2, 0.25) is 0 Å². The summed E-state index contributed by atoms with van der Waals surface area (Å²) in [5.41, 5.74) is 2.08. The van der Waals surface area contributed by atoms with Gasteiger partial charge in [-0.05, 0) is 77.5 Å². The molecule has 1 N–H and O–H groups in total. The van der Waals surface area contributed by atoms with Gasteiger partial charge in [0.25, 0.3) is 0 Å². The molecule has 1 aliphatic carbocycles. The number of hydrogen-bond acceptors (Lipinski definition) is 2. The Kier molecular flexibility index (Phi) is 4.72. The molecule has 0 aliphatic heterocycles. The molecule has 21 heavy (non-hydrogen) atoms. The van der Waals surface area contributed by atoms with Gasteiger partial charge < -0.3 is 5.32 Å². The van der Waals surface area contributed by atoms with E-state index in [1.54, 1.807) is 11.3 Å². The lowest BCUT2D eigenvalue weighted by Crippen LogP contribution is -2.26. The van der Waals surface area contributed by atoms with Crippen LogP contribution in [0.25, 0.3) is 0 Å². The van der Waals surface area contributed by atoms with Crippen molar-refractivity contribution in [1.29, 1.82) is 0 Å². The van der Waals surface area contributed by atoms with E-state index < -0.39 is 11.6 Å². The summed E-state index contributed by atoms with van der Waals surface area (Å²) in [6.07, 6.45) is 4.09. The van der Waals surface area contributed by atoms with Gasteiger partial charge in [-0.1, -0.05) is 0 Å². The molecule has 112 valence electrons. The van der Waals surface area contributed by atoms with Gasteiger partial charge in [-0.2, -0.15) is 0 Å². The summed E-state index contributed by atoms with van der Waals surface area (Å²) in [7, 11) is 0. The fraction of sp³-hybridized carbons (Fsp3) is 0.375. The monoisotopic (exact) mass is 371 g/mol. The molecule has 0 bridgehead atoms. The standard InChI is InChI=1S/C16H16BrF2NS/c17-16-9-13-14(2-1-3-15(13)21-16)20-5-4-10-6-11(18)8-12(19)7-10/h6-9,14,20H,1-5H2. The van der Waals surface area contributed by atoms with E-state index in [0.717, 1.165) is 25.5 Å². The molecular formula is C16H16BrF2NS. The maximum atomic E-state index is 13.1. The van der Waals surface area contributed by atoms with E-state index in [2.05, 4.69) is 27.3 Å². The summed E-state index contributed by atoms with van der Waals surface area (Å²) in [6.45, 7) is 0.723. The Morgan fingerprint density at radius 1 is 1.19 bits per heavy atom. The number of rotatable bonds is 4. The molecule has 1 aromatic carbocycles. The van der Waals surface area contributed by atoms with Gasteiger partial charge in [0.1, 0.15) is 11.6 Å². The van der Waals surface area contributed by atoms with Crippen LogP contribution in [0.4, 0.5) is 8.78 Å². The van der Waals surface area contributed by atoms with Crippen LogP contribution in [-0.4, -0.2) is 6.54 Å². The molecule has 5 heteroatoms. The van der Waals surface area contributed by atoms with Gasteiger partial charge in [-0.3, -0.25) is 0 Å². The second-order valence-corrected chi connectivity index (χ2v) is 7.87. The summed E-state index contributed by atoms with van der Waals surface area (Å²) in [4.78, 5) is 1.45. The van der Waals surface area contributed by atoms with Crippen LogP contribution in [0.15, 0.2) is 28.1 Å². The van der Waals surface area contributed by atoms with Crippen LogP contribution in [0.3, 0.4) is 0 Å². The highest BCUT2D eigenvalue weighted by Gasteiger charge is 2.21. The first-order valence-electron chi connectivity index (χ1n) is 7.08. The Morgan fingerprint density at radius 3 is 2.71 bits per heavy atom. The van der Waals surface area contributed by atoms with E-state index in [9.17, 15) is 8.78 Å². The van der Waals surface area contributed by atoms with Crippen molar-refractivity contribution in [3.8, 4) is 0 Å². The third-order valence-corrected chi connectivity index (χ3v) is 5.52. The largest absolute Gasteiger partial charge is 0.310 e. The molecular weight excluding hydrogens is 356 g/mol. The molecule has 1 heterocycles. The minimum Gasteiger partial charge on any atom is -0.310 e. The Balaban J connectivity index is 1.61. The second kappa shape index (κ2) is 6.55. The van der Waals surface area contributed by atoms with E-state index in [1.165, 1.54) is 32.8 Å². The van der Waals surface area contributed by atoms with Gasteiger partial charge in [0, 0.05) is 17.0 Å². The maximum Gasteiger partial charge on any atom is 0.126 e. The minimum absolute atomic E-state index is 0.356. The van der Waals surface area contributed by atoms with Crippen molar-refractivity contribution < 1.29 is 8.78 Å². The van der Waals surface area contributed by atoms with Crippen molar-refractivity contribution >= 4 is 27.3 Å². The number of halogens is 3. The number of benzene rings is 1. The van der Waals surface area contributed by atoms with Crippen LogP contribution in [0.1, 0.15) is 34.9 Å². The number of fused-ring (bicyclic) bond motifs is 1. The van der Waals surface area contributed by atoms with Gasteiger partial charge in [-0.25, -0.2) is 8.78 Å². The average molecular weight is 372 g/mol. The molecule has 2 aromatic rings. The Labute approximate surface area is 135 Å². The number of nitrogens with one attached hydrogen (secondary N) is 1. The molecule has 0 saturated heterocycles. The van der Waals surface area contributed by atoms with Crippen LogP contribution < -0.4 is 5.32 Å². The van der Waals surface area contributed by atoms with Gasteiger partial charge in [0.15, 0.2) is 0 Å². The quantitative estimate of drug-likeness (QED) is 0.797. The van der Waals surface area contributed by atoms with Crippen LogP contribution in [-0.2, 0) is 12.8 Å². The SMILES string of the molecule is Fc1cc(F)cc(CCNC2CCCc3sc(Br)cc32)c1. The lowest BCUT2D eigenvalue weighted by atomic mass is 9.94. The third-order valence-electron chi connectivity index (χ3n) is 3.81. The van der Waals surface area contributed by atoms with Gasteiger partial charge in [-0.15, -0.1) is 11.3 Å². The van der Waals surface area contributed by atoms with Gasteiger partial charge in [0.05, 0.1) is 3.79 Å². The van der Waals surface area contributed by atoms with E-state index in [4.69, 9.17) is 0 Å². The second-order valence-electron chi connectivity index (χ2n) is 5.36. The summed E-state index contributed by atoms with van der Waals surface area (Å²) >= 11 is 5.35. The van der Waals surface area contributed by atoms with E-state index in [1.807, 2.05) is 0 Å². The fourth-order valence-corrected chi connectivity index (χ4v) is 4.70. The minimum atomic E-state index is -0.508. The average Bonchev–Trinajstić information content (AvgIpc) is 2.79. The third kappa shape index (κ3) is 3.71. The van der Waals surface area contributed by atoms with Crippen molar-refractivity contribution in [1.82, 2.24) is 5.32 Å². The Bertz CT molecular complexity index is 621. The van der Waals surface area contributed by atoms with Crippen molar-refractivity contribution in [3.05, 3.63) is 55.7 Å². The number of thiophene rings is 1. The summed E-state index contributed by atoms with van der Waals surface area (Å²) in [6, 6.07) is 6.26. The molecule has 1 aliphatic rings. The molecule has 0 spiro atoms. The smallest absolute Gasteiger partial charge is 0.126 e. The predicted molar refractivity (Wildman–Crippen MR) is 85.8 cm³/mol. The van der Waals surface area contributed by atoms with Crippen LogP contribution in [0, 0.1) is 11.6 Å². The van der Waals surface area contributed by atoms with E-state index >= 15 is 0 Å². The van der Waals surface area contributed by atoms with Crippen LogP contribution >= 0.6 is 27.3 Å². The first kappa shape index (κ1) is 15.1.